The van der Waals surface area contributed by atoms with Crippen molar-refractivity contribution in [2.75, 3.05) is 26.3 Å². The van der Waals surface area contributed by atoms with Gasteiger partial charge >= 0.3 is 0 Å². The topological polar surface area (TPSA) is 29.5 Å². The number of carbonyl (C=O) groups is 1. The first kappa shape index (κ1) is 14.2. The zero-order valence-corrected chi connectivity index (χ0v) is 11.4. The van der Waals surface area contributed by atoms with E-state index in [0.29, 0.717) is 12.5 Å². The summed E-state index contributed by atoms with van der Waals surface area (Å²) in [6, 6.07) is 0. The van der Waals surface area contributed by atoms with Gasteiger partial charge in [0.05, 0.1) is 6.61 Å². The van der Waals surface area contributed by atoms with E-state index in [-0.39, 0.29) is 11.3 Å². The highest BCUT2D eigenvalue weighted by Gasteiger charge is 2.30. The van der Waals surface area contributed by atoms with E-state index in [1.54, 1.807) is 6.08 Å². The average Bonchev–Trinajstić information content (AvgIpc) is 2.28. The first-order chi connectivity index (χ1) is 7.95. The Balaban J connectivity index is 2.30. The van der Waals surface area contributed by atoms with E-state index in [2.05, 4.69) is 6.58 Å². The largest absolute Gasteiger partial charge is 0.377 e. The molecule has 0 aromatic carbocycles. The Morgan fingerprint density at radius 2 is 2.00 bits per heavy atom. The molecule has 0 atom stereocenters. The molecule has 1 heterocycles. The SMILES string of the molecule is C=CCOCC1CCN(C(=O)C(C)(C)C)CC1. The van der Waals surface area contributed by atoms with Crippen molar-refractivity contribution in [2.45, 2.75) is 33.6 Å². The van der Waals surface area contributed by atoms with Crippen LogP contribution in [0.15, 0.2) is 12.7 Å². The van der Waals surface area contributed by atoms with E-state index >= 15 is 0 Å². The monoisotopic (exact) mass is 239 g/mol. The summed E-state index contributed by atoms with van der Waals surface area (Å²) in [5, 5.41) is 0. The third-order valence-electron chi connectivity index (χ3n) is 3.13. The second-order valence-electron chi connectivity index (χ2n) is 5.81. The first-order valence-electron chi connectivity index (χ1n) is 6.43. The Morgan fingerprint density at radius 1 is 1.41 bits per heavy atom. The van der Waals surface area contributed by atoms with Gasteiger partial charge in [-0.15, -0.1) is 6.58 Å². The second-order valence-corrected chi connectivity index (χ2v) is 5.81. The van der Waals surface area contributed by atoms with Crippen LogP contribution in [0.5, 0.6) is 0 Å². The van der Waals surface area contributed by atoms with Gasteiger partial charge in [-0.3, -0.25) is 4.79 Å². The van der Waals surface area contributed by atoms with E-state index in [1.165, 1.54) is 0 Å². The van der Waals surface area contributed by atoms with Crippen molar-refractivity contribution < 1.29 is 9.53 Å². The van der Waals surface area contributed by atoms with Crippen LogP contribution in [0.25, 0.3) is 0 Å². The quantitative estimate of drug-likeness (QED) is 0.557. The number of carbonyl (C=O) groups excluding carboxylic acids is 1. The normalized spacial score (nSPS) is 18.2. The average molecular weight is 239 g/mol. The summed E-state index contributed by atoms with van der Waals surface area (Å²) in [7, 11) is 0. The summed E-state index contributed by atoms with van der Waals surface area (Å²) in [6.07, 6.45) is 3.89. The van der Waals surface area contributed by atoms with Crippen molar-refractivity contribution in [1.29, 1.82) is 0 Å². The van der Waals surface area contributed by atoms with Crippen LogP contribution in [-0.4, -0.2) is 37.1 Å². The molecule has 0 aromatic heterocycles. The molecule has 3 heteroatoms. The van der Waals surface area contributed by atoms with Crippen molar-refractivity contribution in [3.8, 4) is 0 Å². The molecule has 0 saturated carbocycles. The fraction of sp³-hybridized carbons (Fsp3) is 0.786. The number of likely N-dealkylation sites (tertiary alicyclic amines) is 1. The predicted octanol–water partition coefficient (Wildman–Crippen LogP) is 2.47. The Kier molecular flexibility index (Phi) is 5.19. The van der Waals surface area contributed by atoms with Crippen molar-refractivity contribution in [3.63, 3.8) is 0 Å². The zero-order chi connectivity index (χ0) is 12.9. The Hall–Kier alpha value is -0.830. The minimum Gasteiger partial charge on any atom is -0.377 e. The molecule has 1 aliphatic rings. The number of rotatable bonds is 4. The van der Waals surface area contributed by atoms with Gasteiger partial charge in [0, 0.05) is 25.1 Å². The number of hydrogen-bond donors (Lipinski definition) is 0. The number of ether oxygens (including phenoxy) is 1. The molecule has 0 unspecified atom stereocenters. The van der Waals surface area contributed by atoms with E-state index in [4.69, 9.17) is 4.74 Å². The summed E-state index contributed by atoms with van der Waals surface area (Å²) >= 11 is 0. The van der Waals surface area contributed by atoms with Crippen LogP contribution in [-0.2, 0) is 9.53 Å². The number of nitrogens with zero attached hydrogens (tertiary/aromatic N) is 1. The van der Waals surface area contributed by atoms with E-state index < -0.39 is 0 Å². The Labute approximate surface area is 105 Å². The minimum atomic E-state index is -0.258. The van der Waals surface area contributed by atoms with Crippen LogP contribution < -0.4 is 0 Å². The van der Waals surface area contributed by atoms with Crippen molar-refractivity contribution in [2.24, 2.45) is 11.3 Å². The molecule has 0 aromatic rings. The van der Waals surface area contributed by atoms with Gasteiger partial charge in [-0.1, -0.05) is 26.8 Å². The standard InChI is InChI=1S/C14H25NO2/c1-5-10-17-11-12-6-8-15(9-7-12)13(16)14(2,3)4/h5,12H,1,6-11H2,2-4H3. The van der Waals surface area contributed by atoms with E-state index in [1.807, 2.05) is 25.7 Å². The number of piperidine rings is 1. The van der Waals surface area contributed by atoms with E-state index in [0.717, 1.165) is 32.5 Å². The minimum absolute atomic E-state index is 0.258. The molecule has 1 fully saturated rings. The highest BCUT2D eigenvalue weighted by atomic mass is 16.5. The van der Waals surface area contributed by atoms with Gasteiger partial charge in [-0.25, -0.2) is 0 Å². The number of hydrogen-bond acceptors (Lipinski definition) is 2. The Morgan fingerprint density at radius 3 is 2.47 bits per heavy atom. The highest BCUT2D eigenvalue weighted by Crippen LogP contribution is 2.23. The molecule has 0 bridgehead atoms. The van der Waals surface area contributed by atoms with Crippen LogP contribution >= 0.6 is 0 Å². The fourth-order valence-electron chi connectivity index (χ4n) is 2.10. The number of amides is 1. The van der Waals surface area contributed by atoms with Crippen LogP contribution in [0.1, 0.15) is 33.6 Å². The first-order valence-corrected chi connectivity index (χ1v) is 6.43. The van der Waals surface area contributed by atoms with Crippen LogP contribution in [0.2, 0.25) is 0 Å². The zero-order valence-electron chi connectivity index (χ0n) is 11.4. The third-order valence-corrected chi connectivity index (χ3v) is 3.13. The molecule has 1 rings (SSSR count). The summed E-state index contributed by atoms with van der Waals surface area (Å²) in [5.41, 5.74) is -0.258. The van der Waals surface area contributed by atoms with Gasteiger partial charge in [0.25, 0.3) is 0 Å². The predicted molar refractivity (Wildman–Crippen MR) is 69.8 cm³/mol. The van der Waals surface area contributed by atoms with Crippen LogP contribution in [0.3, 0.4) is 0 Å². The van der Waals surface area contributed by atoms with Crippen molar-refractivity contribution >= 4 is 5.91 Å². The van der Waals surface area contributed by atoms with Crippen LogP contribution in [0, 0.1) is 11.3 Å². The molecule has 0 spiro atoms. The summed E-state index contributed by atoms with van der Waals surface area (Å²) in [5.74, 6) is 0.863. The molecule has 1 aliphatic heterocycles. The van der Waals surface area contributed by atoms with Gasteiger partial charge < -0.3 is 9.64 Å². The molecule has 98 valence electrons. The van der Waals surface area contributed by atoms with Gasteiger partial charge in [-0.2, -0.15) is 0 Å². The highest BCUT2D eigenvalue weighted by molar-refractivity contribution is 5.81. The van der Waals surface area contributed by atoms with Gasteiger partial charge in [0.1, 0.15) is 0 Å². The van der Waals surface area contributed by atoms with Gasteiger partial charge in [-0.05, 0) is 18.8 Å². The second kappa shape index (κ2) is 6.20. The summed E-state index contributed by atoms with van der Waals surface area (Å²) in [4.78, 5) is 14.1. The lowest BCUT2D eigenvalue weighted by atomic mass is 9.91. The van der Waals surface area contributed by atoms with E-state index in [9.17, 15) is 4.79 Å². The lowest BCUT2D eigenvalue weighted by Gasteiger charge is -2.35. The molecular formula is C14H25NO2. The lowest BCUT2D eigenvalue weighted by Crippen LogP contribution is -2.44. The van der Waals surface area contributed by atoms with Crippen molar-refractivity contribution in [1.82, 2.24) is 4.90 Å². The summed E-state index contributed by atoms with van der Waals surface area (Å²) in [6.45, 7) is 12.7. The molecule has 1 amide bonds. The fourth-order valence-corrected chi connectivity index (χ4v) is 2.10. The van der Waals surface area contributed by atoms with Crippen LogP contribution in [0.4, 0.5) is 0 Å². The third kappa shape index (κ3) is 4.50. The molecule has 0 aliphatic carbocycles. The molecule has 3 nitrogen and oxygen atoms in total. The molecule has 1 saturated heterocycles. The maximum absolute atomic E-state index is 12.1. The maximum atomic E-state index is 12.1. The smallest absolute Gasteiger partial charge is 0.227 e. The molecule has 17 heavy (non-hydrogen) atoms. The molecule has 0 N–H and O–H groups in total. The molecule has 0 radical (unpaired) electrons. The lowest BCUT2D eigenvalue weighted by molar-refractivity contribution is -0.141. The summed E-state index contributed by atoms with van der Waals surface area (Å²) < 4.78 is 5.46. The van der Waals surface area contributed by atoms with Crippen molar-refractivity contribution in [3.05, 3.63) is 12.7 Å². The van der Waals surface area contributed by atoms with Gasteiger partial charge in [0.2, 0.25) is 5.91 Å². The molecular weight excluding hydrogens is 214 g/mol. The van der Waals surface area contributed by atoms with Gasteiger partial charge in [0.15, 0.2) is 0 Å². The maximum Gasteiger partial charge on any atom is 0.227 e. The Bertz CT molecular complexity index is 260.